The summed E-state index contributed by atoms with van der Waals surface area (Å²) in [4.78, 5) is 11.3. The van der Waals surface area contributed by atoms with E-state index in [1.54, 1.807) is 6.92 Å². The van der Waals surface area contributed by atoms with E-state index in [9.17, 15) is 26.4 Å². The molecule has 0 atom stereocenters. The molecule has 0 fully saturated rings. The molecule has 20 heavy (non-hydrogen) atoms. The molecule has 110 valence electrons. The average Bonchev–Trinajstić information content (AvgIpc) is 2.67. The van der Waals surface area contributed by atoms with Crippen LogP contribution in [0.25, 0.3) is 0 Å². The number of ether oxygens (including phenoxy) is 1. The van der Waals surface area contributed by atoms with Gasteiger partial charge in [0.25, 0.3) is 0 Å². The Balaban J connectivity index is 2.46. The Morgan fingerprint density at radius 3 is 2.55 bits per heavy atom. The lowest BCUT2D eigenvalue weighted by Gasteiger charge is -2.13. The molecule has 0 aliphatic carbocycles. The van der Waals surface area contributed by atoms with Gasteiger partial charge in [-0.1, -0.05) is 6.92 Å². The maximum absolute atomic E-state index is 12.3. The molecule has 2 rings (SSSR count). The van der Waals surface area contributed by atoms with Gasteiger partial charge in [-0.15, -0.1) is 0 Å². The number of fused-ring (bicyclic) bond motifs is 1. The third-order valence-electron chi connectivity index (χ3n) is 2.73. The van der Waals surface area contributed by atoms with Crippen molar-refractivity contribution in [2.45, 2.75) is 25.5 Å². The average molecular weight is 310 g/mol. The first-order valence-corrected chi connectivity index (χ1v) is 6.90. The van der Waals surface area contributed by atoms with Crippen molar-refractivity contribution in [3.63, 3.8) is 0 Å². The number of esters is 1. The maximum Gasteiger partial charge on any atom is 0.534 e. The van der Waals surface area contributed by atoms with Crippen molar-refractivity contribution in [2.24, 2.45) is 0 Å². The van der Waals surface area contributed by atoms with E-state index in [-0.39, 0.29) is 24.2 Å². The number of halogens is 3. The Labute approximate surface area is 112 Å². The lowest BCUT2D eigenvalue weighted by atomic mass is 10.0. The number of rotatable bonds is 3. The highest BCUT2D eigenvalue weighted by Crippen LogP contribution is 2.33. The summed E-state index contributed by atoms with van der Waals surface area (Å²) in [6.45, 7) is 1.47. The van der Waals surface area contributed by atoms with Crippen LogP contribution in [-0.2, 0) is 27.9 Å². The van der Waals surface area contributed by atoms with Gasteiger partial charge in [-0.05, 0) is 24.1 Å². The van der Waals surface area contributed by atoms with Crippen LogP contribution < -0.4 is 4.18 Å². The van der Waals surface area contributed by atoms with E-state index in [4.69, 9.17) is 4.74 Å². The highest BCUT2D eigenvalue weighted by atomic mass is 32.2. The second kappa shape index (κ2) is 4.65. The summed E-state index contributed by atoms with van der Waals surface area (Å²) in [6, 6.07) is 2.37. The molecule has 5 nitrogen and oxygen atoms in total. The van der Waals surface area contributed by atoms with Crippen molar-refractivity contribution in [2.75, 3.05) is 0 Å². The highest BCUT2D eigenvalue weighted by molar-refractivity contribution is 7.88. The fourth-order valence-electron chi connectivity index (χ4n) is 1.72. The zero-order valence-corrected chi connectivity index (χ0v) is 11.0. The van der Waals surface area contributed by atoms with Crippen LogP contribution in [0.15, 0.2) is 12.1 Å². The third-order valence-corrected chi connectivity index (χ3v) is 3.69. The van der Waals surface area contributed by atoms with Crippen LogP contribution in [-0.4, -0.2) is 19.9 Å². The van der Waals surface area contributed by atoms with Gasteiger partial charge in [0, 0.05) is 5.56 Å². The predicted molar refractivity (Wildman–Crippen MR) is 60.5 cm³/mol. The Morgan fingerprint density at radius 1 is 1.35 bits per heavy atom. The molecule has 1 aliphatic rings. The molecule has 0 unspecified atom stereocenters. The summed E-state index contributed by atoms with van der Waals surface area (Å²) in [5, 5.41) is 0. The Hall–Kier alpha value is -1.77. The van der Waals surface area contributed by atoms with Crippen molar-refractivity contribution >= 4 is 16.1 Å². The van der Waals surface area contributed by atoms with Gasteiger partial charge < -0.3 is 8.92 Å². The zero-order chi connectivity index (χ0) is 15.1. The number of aryl methyl sites for hydroxylation is 1. The molecule has 0 bridgehead atoms. The third kappa shape index (κ3) is 2.45. The smallest absolute Gasteiger partial charge is 0.457 e. The van der Waals surface area contributed by atoms with Crippen molar-refractivity contribution < 1.29 is 35.3 Å². The second-order valence-corrected chi connectivity index (χ2v) is 5.57. The Morgan fingerprint density at radius 2 is 2.00 bits per heavy atom. The lowest BCUT2D eigenvalue weighted by Crippen LogP contribution is -2.28. The minimum absolute atomic E-state index is 0.124. The van der Waals surface area contributed by atoms with Crippen molar-refractivity contribution in [1.29, 1.82) is 0 Å². The SMILES string of the molecule is CCc1cc2c(cc1OS(=O)(=O)C(F)(F)F)COC2=O. The molecule has 0 aromatic heterocycles. The van der Waals surface area contributed by atoms with Crippen LogP contribution >= 0.6 is 0 Å². The van der Waals surface area contributed by atoms with E-state index in [1.165, 1.54) is 6.07 Å². The van der Waals surface area contributed by atoms with Crippen LogP contribution in [0.2, 0.25) is 0 Å². The zero-order valence-electron chi connectivity index (χ0n) is 10.2. The van der Waals surface area contributed by atoms with Gasteiger partial charge in [-0.2, -0.15) is 21.6 Å². The van der Waals surface area contributed by atoms with Gasteiger partial charge >= 0.3 is 21.6 Å². The summed E-state index contributed by atoms with van der Waals surface area (Å²) in [5.41, 5.74) is -4.84. The van der Waals surface area contributed by atoms with Gasteiger partial charge in [0.2, 0.25) is 0 Å². The summed E-state index contributed by atoms with van der Waals surface area (Å²) < 4.78 is 67.8. The molecule has 0 amide bonds. The molecule has 1 aromatic carbocycles. The molecule has 1 aromatic rings. The first kappa shape index (κ1) is 14.6. The quantitative estimate of drug-likeness (QED) is 0.486. The molecule has 0 saturated carbocycles. The normalized spacial score (nSPS) is 14.9. The van der Waals surface area contributed by atoms with E-state index >= 15 is 0 Å². The van der Waals surface area contributed by atoms with Crippen molar-refractivity contribution in [3.05, 3.63) is 28.8 Å². The van der Waals surface area contributed by atoms with Gasteiger partial charge in [-0.25, -0.2) is 4.79 Å². The molecular weight excluding hydrogens is 301 g/mol. The van der Waals surface area contributed by atoms with E-state index in [0.717, 1.165) is 6.07 Å². The first-order valence-electron chi connectivity index (χ1n) is 5.49. The second-order valence-electron chi connectivity index (χ2n) is 4.03. The van der Waals surface area contributed by atoms with Crippen molar-refractivity contribution in [3.8, 4) is 5.75 Å². The molecule has 0 radical (unpaired) electrons. The maximum atomic E-state index is 12.3. The van der Waals surface area contributed by atoms with Crippen molar-refractivity contribution in [1.82, 2.24) is 0 Å². The fraction of sp³-hybridized carbons (Fsp3) is 0.364. The number of alkyl halides is 3. The van der Waals surface area contributed by atoms with Gasteiger partial charge in [0.05, 0.1) is 5.56 Å². The Kier molecular flexibility index (Phi) is 3.41. The molecule has 0 spiro atoms. The van der Waals surface area contributed by atoms with E-state index in [0.29, 0.717) is 5.56 Å². The topological polar surface area (TPSA) is 69.7 Å². The number of carbonyl (C=O) groups is 1. The molecule has 0 saturated heterocycles. The predicted octanol–water partition coefficient (Wildman–Crippen LogP) is 2.15. The van der Waals surface area contributed by atoms with E-state index in [2.05, 4.69) is 4.18 Å². The minimum atomic E-state index is -5.74. The van der Waals surface area contributed by atoms with Crippen LogP contribution in [0, 0.1) is 0 Å². The molecule has 9 heteroatoms. The largest absolute Gasteiger partial charge is 0.534 e. The summed E-state index contributed by atoms with van der Waals surface area (Å²) in [6.07, 6.45) is 0.198. The van der Waals surface area contributed by atoms with E-state index < -0.39 is 27.3 Å². The molecule has 0 N–H and O–H groups in total. The number of hydrogen-bond acceptors (Lipinski definition) is 5. The number of carbonyl (C=O) groups excluding carboxylic acids is 1. The van der Waals surface area contributed by atoms with Gasteiger partial charge in [0.15, 0.2) is 0 Å². The summed E-state index contributed by atoms with van der Waals surface area (Å²) in [5.74, 6) is -1.04. The Bertz CT molecular complexity index is 663. The summed E-state index contributed by atoms with van der Waals surface area (Å²) >= 11 is 0. The van der Waals surface area contributed by atoms with Crippen LogP contribution in [0.3, 0.4) is 0 Å². The van der Waals surface area contributed by atoms with Gasteiger partial charge in [0.1, 0.15) is 12.4 Å². The molecule has 1 heterocycles. The molecular formula is C11H9F3O5S. The van der Waals surface area contributed by atoms with E-state index in [1.807, 2.05) is 0 Å². The standard InChI is InChI=1S/C11H9F3O5S/c1-2-6-3-8-7(5-18-10(8)15)4-9(6)19-20(16,17)11(12,13)14/h3-4H,2,5H2,1H3. The first-order chi connectivity index (χ1) is 9.15. The summed E-state index contributed by atoms with van der Waals surface area (Å²) in [7, 11) is -5.74. The number of cyclic esters (lactones) is 1. The fourth-order valence-corrected chi connectivity index (χ4v) is 2.20. The van der Waals surface area contributed by atoms with Crippen LogP contribution in [0.4, 0.5) is 13.2 Å². The number of benzene rings is 1. The van der Waals surface area contributed by atoms with Crippen LogP contribution in [0.1, 0.15) is 28.4 Å². The number of hydrogen-bond donors (Lipinski definition) is 0. The highest BCUT2D eigenvalue weighted by Gasteiger charge is 2.48. The minimum Gasteiger partial charge on any atom is -0.457 e. The monoisotopic (exact) mass is 310 g/mol. The van der Waals surface area contributed by atoms with Gasteiger partial charge in [-0.3, -0.25) is 0 Å². The lowest BCUT2D eigenvalue weighted by molar-refractivity contribution is -0.0500. The molecule has 1 aliphatic heterocycles. The van der Waals surface area contributed by atoms with Crippen LogP contribution in [0.5, 0.6) is 5.75 Å².